The van der Waals surface area contributed by atoms with Crippen molar-refractivity contribution in [1.82, 2.24) is 15.6 Å². The Morgan fingerprint density at radius 3 is 3.00 bits per heavy atom. The number of benzene rings is 1. The van der Waals surface area contributed by atoms with Gasteiger partial charge in [0.15, 0.2) is 0 Å². The lowest BCUT2D eigenvalue weighted by Crippen LogP contribution is -2.21. The van der Waals surface area contributed by atoms with Gasteiger partial charge in [0.05, 0.1) is 7.11 Å². The summed E-state index contributed by atoms with van der Waals surface area (Å²) in [6, 6.07) is 4.57. The summed E-state index contributed by atoms with van der Waals surface area (Å²) >= 11 is 0. The van der Waals surface area contributed by atoms with Crippen LogP contribution in [0, 0.1) is 12.7 Å². The predicted molar refractivity (Wildman–Crippen MR) is 67.9 cm³/mol. The van der Waals surface area contributed by atoms with Crippen molar-refractivity contribution in [3.8, 4) is 11.4 Å². The maximum Gasteiger partial charge on any atom is 0.244 e. The van der Waals surface area contributed by atoms with Crippen molar-refractivity contribution < 1.29 is 18.5 Å². The molecular formula is C13H14FN3O3. The van der Waals surface area contributed by atoms with E-state index in [1.54, 1.807) is 19.1 Å². The zero-order valence-electron chi connectivity index (χ0n) is 11.1. The number of carbonyl (C=O) groups excluding carboxylic acids is 1. The number of carbonyl (C=O) groups is 1. The molecule has 2 rings (SSSR count). The molecule has 0 saturated carbocycles. The Bertz CT molecular complexity index is 613. The van der Waals surface area contributed by atoms with E-state index in [9.17, 15) is 9.18 Å². The standard InChI is InChI=1S/C13H14FN3O3/c1-8-7-9(3-4-10(8)14)13-15-12(20-17-13)6-5-11(18)16-19-2/h3-4,7H,5-6H2,1-2H3,(H,16,18). The zero-order valence-corrected chi connectivity index (χ0v) is 11.1. The summed E-state index contributed by atoms with van der Waals surface area (Å²) in [5, 5.41) is 3.81. The zero-order chi connectivity index (χ0) is 14.5. The number of rotatable bonds is 5. The highest BCUT2D eigenvalue weighted by atomic mass is 19.1. The summed E-state index contributed by atoms with van der Waals surface area (Å²) in [5.74, 6) is 0.155. The van der Waals surface area contributed by atoms with Gasteiger partial charge in [-0.15, -0.1) is 0 Å². The van der Waals surface area contributed by atoms with E-state index in [0.29, 0.717) is 29.3 Å². The number of amides is 1. The molecule has 1 N–H and O–H groups in total. The summed E-state index contributed by atoms with van der Waals surface area (Å²) in [5.41, 5.74) is 3.37. The Balaban J connectivity index is 2.05. The fraction of sp³-hybridized carbons (Fsp3) is 0.308. The van der Waals surface area contributed by atoms with Crippen molar-refractivity contribution in [2.24, 2.45) is 0 Å². The molecule has 0 spiro atoms. The lowest BCUT2D eigenvalue weighted by atomic mass is 10.1. The van der Waals surface area contributed by atoms with E-state index in [-0.39, 0.29) is 18.1 Å². The first-order chi connectivity index (χ1) is 9.60. The number of halogens is 1. The molecule has 1 aromatic carbocycles. The van der Waals surface area contributed by atoms with Crippen molar-refractivity contribution in [3.05, 3.63) is 35.5 Å². The lowest BCUT2D eigenvalue weighted by Gasteiger charge is -1.98. The second kappa shape index (κ2) is 6.25. The van der Waals surface area contributed by atoms with Crippen LogP contribution in [-0.4, -0.2) is 23.2 Å². The Morgan fingerprint density at radius 1 is 1.50 bits per heavy atom. The second-order valence-electron chi connectivity index (χ2n) is 4.21. The van der Waals surface area contributed by atoms with Crippen LogP contribution >= 0.6 is 0 Å². The molecule has 0 aliphatic heterocycles. The van der Waals surface area contributed by atoms with Crippen LogP contribution < -0.4 is 5.48 Å². The smallest absolute Gasteiger partial charge is 0.244 e. The molecule has 7 heteroatoms. The summed E-state index contributed by atoms with van der Waals surface area (Å²) in [6.07, 6.45) is 0.486. The number of aromatic nitrogens is 2. The lowest BCUT2D eigenvalue weighted by molar-refractivity contribution is -0.131. The van der Waals surface area contributed by atoms with Gasteiger partial charge in [-0.3, -0.25) is 9.63 Å². The normalized spacial score (nSPS) is 10.6. The number of nitrogens with zero attached hydrogens (tertiary/aromatic N) is 2. The van der Waals surface area contributed by atoms with E-state index in [2.05, 4.69) is 20.5 Å². The number of aryl methyl sites for hydroxylation is 2. The molecule has 1 aromatic heterocycles. The molecule has 0 atom stereocenters. The van der Waals surface area contributed by atoms with Gasteiger partial charge in [-0.2, -0.15) is 4.98 Å². The Labute approximate surface area is 114 Å². The molecule has 0 aliphatic rings. The van der Waals surface area contributed by atoms with Gasteiger partial charge in [0.1, 0.15) is 5.82 Å². The third-order valence-electron chi connectivity index (χ3n) is 2.67. The molecule has 0 saturated heterocycles. The molecule has 0 aliphatic carbocycles. The topological polar surface area (TPSA) is 77.2 Å². The fourth-order valence-electron chi connectivity index (χ4n) is 1.64. The molecule has 0 bridgehead atoms. The van der Waals surface area contributed by atoms with Gasteiger partial charge in [0.2, 0.25) is 17.6 Å². The van der Waals surface area contributed by atoms with E-state index >= 15 is 0 Å². The molecular weight excluding hydrogens is 265 g/mol. The van der Waals surface area contributed by atoms with Gasteiger partial charge < -0.3 is 4.52 Å². The van der Waals surface area contributed by atoms with Crippen LogP contribution in [0.5, 0.6) is 0 Å². The molecule has 1 amide bonds. The maximum absolute atomic E-state index is 13.2. The molecule has 0 unspecified atom stereocenters. The number of hydroxylamine groups is 1. The molecule has 20 heavy (non-hydrogen) atoms. The van der Waals surface area contributed by atoms with Gasteiger partial charge in [0.25, 0.3) is 0 Å². The van der Waals surface area contributed by atoms with Crippen molar-refractivity contribution in [2.75, 3.05) is 7.11 Å². The van der Waals surface area contributed by atoms with Gasteiger partial charge in [0, 0.05) is 18.4 Å². The molecule has 0 fully saturated rings. The third kappa shape index (κ3) is 3.39. The minimum atomic E-state index is -0.284. The molecule has 6 nitrogen and oxygen atoms in total. The number of nitrogens with one attached hydrogen (secondary N) is 1. The Morgan fingerprint density at radius 2 is 2.30 bits per heavy atom. The Kier molecular flexibility index (Phi) is 4.41. The van der Waals surface area contributed by atoms with Gasteiger partial charge in [-0.25, -0.2) is 9.87 Å². The highest BCUT2D eigenvalue weighted by Crippen LogP contribution is 2.19. The third-order valence-corrected chi connectivity index (χ3v) is 2.67. The van der Waals surface area contributed by atoms with Gasteiger partial charge >= 0.3 is 0 Å². The van der Waals surface area contributed by atoms with E-state index in [4.69, 9.17) is 4.52 Å². The van der Waals surface area contributed by atoms with Crippen LogP contribution in [0.2, 0.25) is 0 Å². The quantitative estimate of drug-likeness (QED) is 0.844. The van der Waals surface area contributed by atoms with Crippen LogP contribution in [0.15, 0.2) is 22.7 Å². The van der Waals surface area contributed by atoms with Gasteiger partial charge in [-0.1, -0.05) is 5.16 Å². The molecule has 2 aromatic rings. The van der Waals surface area contributed by atoms with E-state index < -0.39 is 0 Å². The average molecular weight is 279 g/mol. The van der Waals surface area contributed by atoms with Crippen molar-refractivity contribution >= 4 is 5.91 Å². The first-order valence-corrected chi connectivity index (χ1v) is 6.01. The number of hydrogen-bond acceptors (Lipinski definition) is 5. The maximum atomic E-state index is 13.2. The average Bonchev–Trinajstić information content (AvgIpc) is 2.89. The van der Waals surface area contributed by atoms with Crippen molar-refractivity contribution in [2.45, 2.75) is 19.8 Å². The van der Waals surface area contributed by atoms with Gasteiger partial charge in [-0.05, 0) is 30.7 Å². The second-order valence-corrected chi connectivity index (χ2v) is 4.21. The summed E-state index contributed by atoms with van der Waals surface area (Å²) < 4.78 is 18.2. The summed E-state index contributed by atoms with van der Waals surface area (Å²) in [6.45, 7) is 1.66. The van der Waals surface area contributed by atoms with Crippen molar-refractivity contribution in [1.29, 1.82) is 0 Å². The van der Waals surface area contributed by atoms with Crippen LogP contribution in [0.3, 0.4) is 0 Å². The van der Waals surface area contributed by atoms with Crippen LogP contribution in [-0.2, 0) is 16.1 Å². The Hall–Kier alpha value is -2.28. The fourth-order valence-corrected chi connectivity index (χ4v) is 1.64. The minimum absolute atomic E-state index is 0.178. The number of hydrogen-bond donors (Lipinski definition) is 1. The SMILES string of the molecule is CONC(=O)CCc1nc(-c2ccc(F)c(C)c2)no1. The van der Waals surface area contributed by atoms with E-state index in [1.807, 2.05) is 0 Å². The minimum Gasteiger partial charge on any atom is -0.339 e. The predicted octanol–water partition coefficient (Wildman–Crippen LogP) is 1.79. The van der Waals surface area contributed by atoms with Crippen molar-refractivity contribution in [3.63, 3.8) is 0 Å². The monoisotopic (exact) mass is 279 g/mol. The summed E-state index contributed by atoms with van der Waals surface area (Å²) in [4.78, 5) is 19.9. The molecule has 0 radical (unpaired) electrons. The largest absolute Gasteiger partial charge is 0.339 e. The highest BCUT2D eigenvalue weighted by Gasteiger charge is 2.11. The summed E-state index contributed by atoms with van der Waals surface area (Å²) in [7, 11) is 1.36. The molecule has 106 valence electrons. The van der Waals surface area contributed by atoms with Crippen LogP contribution in [0.4, 0.5) is 4.39 Å². The van der Waals surface area contributed by atoms with Crippen LogP contribution in [0.1, 0.15) is 17.9 Å². The van der Waals surface area contributed by atoms with E-state index in [0.717, 1.165) is 0 Å². The first-order valence-electron chi connectivity index (χ1n) is 6.01. The van der Waals surface area contributed by atoms with Crippen LogP contribution in [0.25, 0.3) is 11.4 Å². The molecule has 1 heterocycles. The van der Waals surface area contributed by atoms with E-state index in [1.165, 1.54) is 13.2 Å². The highest BCUT2D eigenvalue weighted by molar-refractivity contribution is 5.74. The first kappa shape index (κ1) is 14.1.